The second kappa shape index (κ2) is 6.54. The fraction of sp³-hybridized carbons (Fsp3) is 0.571. The lowest BCUT2D eigenvalue weighted by atomic mass is 10.1. The molecule has 1 atom stereocenters. The quantitative estimate of drug-likeness (QED) is 0.745. The zero-order valence-corrected chi connectivity index (χ0v) is 10.8. The number of rotatable bonds is 6. The Morgan fingerprint density at radius 2 is 2.06 bits per heavy atom. The molecule has 0 amide bonds. The minimum absolute atomic E-state index is 0.571. The Hall–Kier alpha value is -1.02. The molecule has 0 radical (unpaired) electrons. The highest BCUT2D eigenvalue weighted by molar-refractivity contribution is 5.38. The van der Waals surface area contributed by atoms with Gasteiger partial charge in [-0.2, -0.15) is 0 Å². The van der Waals surface area contributed by atoms with Crippen molar-refractivity contribution in [3.63, 3.8) is 0 Å². The molecule has 0 aliphatic heterocycles. The topological polar surface area (TPSA) is 21.3 Å². The molecule has 1 unspecified atom stereocenters. The monoisotopic (exact) mass is 221 g/mol. The smallest absolute Gasteiger partial charge is 0.122 e. The SMILES string of the molecule is CNC(C)CCCOc1cccc(C)c1C. The van der Waals surface area contributed by atoms with E-state index in [0.717, 1.165) is 25.2 Å². The molecule has 0 fully saturated rings. The maximum absolute atomic E-state index is 5.78. The van der Waals surface area contributed by atoms with Gasteiger partial charge in [0.2, 0.25) is 0 Å². The predicted molar refractivity (Wildman–Crippen MR) is 69.2 cm³/mol. The molecule has 0 saturated heterocycles. The summed E-state index contributed by atoms with van der Waals surface area (Å²) in [4.78, 5) is 0. The fourth-order valence-electron chi connectivity index (χ4n) is 1.60. The summed E-state index contributed by atoms with van der Waals surface area (Å²) in [6.45, 7) is 7.22. The van der Waals surface area contributed by atoms with Gasteiger partial charge >= 0.3 is 0 Å². The molecular formula is C14H23NO. The summed E-state index contributed by atoms with van der Waals surface area (Å²) in [6.07, 6.45) is 2.25. The number of hydrogen-bond acceptors (Lipinski definition) is 2. The molecule has 0 spiro atoms. The molecule has 0 aliphatic rings. The van der Waals surface area contributed by atoms with Crippen LogP contribution in [0.15, 0.2) is 18.2 Å². The number of hydrogen-bond donors (Lipinski definition) is 1. The van der Waals surface area contributed by atoms with E-state index in [0.29, 0.717) is 6.04 Å². The fourth-order valence-corrected chi connectivity index (χ4v) is 1.60. The molecular weight excluding hydrogens is 198 g/mol. The van der Waals surface area contributed by atoms with Crippen molar-refractivity contribution in [3.05, 3.63) is 29.3 Å². The van der Waals surface area contributed by atoms with Gasteiger partial charge in [-0.05, 0) is 57.9 Å². The van der Waals surface area contributed by atoms with Crippen molar-refractivity contribution in [2.75, 3.05) is 13.7 Å². The summed E-state index contributed by atoms with van der Waals surface area (Å²) in [5.41, 5.74) is 2.55. The molecule has 0 heterocycles. The van der Waals surface area contributed by atoms with Crippen molar-refractivity contribution in [1.82, 2.24) is 5.32 Å². The molecule has 1 aromatic rings. The van der Waals surface area contributed by atoms with Crippen LogP contribution in [0.25, 0.3) is 0 Å². The third-order valence-electron chi connectivity index (χ3n) is 3.09. The Labute approximate surface area is 99.0 Å². The highest BCUT2D eigenvalue weighted by Gasteiger charge is 2.02. The lowest BCUT2D eigenvalue weighted by molar-refractivity contribution is 0.297. The van der Waals surface area contributed by atoms with E-state index in [9.17, 15) is 0 Å². The first-order valence-corrected chi connectivity index (χ1v) is 6.01. The van der Waals surface area contributed by atoms with Crippen LogP contribution in [0.2, 0.25) is 0 Å². The number of benzene rings is 1. The second-order valence-electron chi connectivity index (χ2n) is 4.38. The molecule has 16 heavy (non-hydrogen) atoms. The van der Waals surface area contributed by atoms with Gasteiger partial charge in [0, 0.05) is 6.04 Å². The van der Waals surface area contributed by atoms with E-state index in [1.54, 1.807) is 0 Å². The Kier molecular flexibility index (Phi) is 5.33. The highest BCUT2D eigenvalue weighted by Crippen LogP contribution is 2.20. The molecule has 0 aromatic heterocycles. The third kappa shape index (κ3) is 3.86. The van der Waals surface area contributed by atoms with Crippen molar-refractivity contribution in [3.8, 4) is 5.75 Å². The summed E-state index contributed by atoms with van der Waals surface area (Å²) < 4.78 is 5.78. The predicted octanol–water partition coefficient (Wildman–Crippen LogP) is 3.07. The molecule has 1 aromatic carbocycles. The summed E-state index contributed by atoms with van der Waals surface area (Å²) in [5.74, 6) is 1.03. The largest absolute Gasteiger partial charge is 0.493 e. The summed E-state index contributed by atoms with van der Waals surface area (Å²) >= 11 is 0. The summed E-state index contributed by atoms with van der Waals surface area (Å²) in [5, 5.41) is 3.23. The average Bonchev–Trinajstić information content (AvgIpc) is 2.29. The van der Waals surface area contributed by atoms with Crippen LogP contribution in [-0.2, 0) is 0 Å². The van der Waals surface area contributed by atoms with Crippen LogP contribution in [0.4, 0.5) is 0 Å². The van der Waals surface area contributed by atoms with Gasteiger partial charge in [0.05, 0.1) is 6.61 Å². The second-order valence-corrected chi connectivity index (χ2v) is 4.38. The first kappa shape index (κ1) is 13.0. The molecule has 0 aliphatic carbocycles. The normalized spacial score (nSPS) is 12.5. The zero-order valence-electron chi connectivity index (χ0n) is 10.8. The zero-order chi connectivity index (χ0) is 12.0. The Morgan fingerprint density at radius 3 is 2.75 bits per heavy atom. The van der Waals surface area contributed by atoms with Crippen molar-refractivity contribution < 1.29 is 4.74 Å². The van der Waals surface area contributed by atoms with Crippen LogP contribution in [0.5, 0.6) is 5.75 Å². The van der Waals surface area contributed by atoms with Crippen LogP contribution in [0, 0.1) is 13.8 Å². The van der Waals surface area contributed by atoms with Gasteiger partial charge in [-0.25, -0.2) is 0 Å². The maximum atomic E-state index is 5.78. The summed E-state index contributed by atoms with van der Waals surface area (Å²) in [7, 11) is 2.00. The Bertz CT molecular complexity index is 323. The van der Waals surface area contributed by atoms with Crippen LogP contribution >= 0.6 is 0 Å². The molecule has 2 nitrogen and oxygen atoms in total. The van der Waals surface area contributed by atoms with E-state index in [1.165, 1.54) is 11.1 Å². The maximum Gasteiger partial charge on any atom is 0.122 e. The molecule has 0 saturated carbocycles. The van der Waals surface area contributed by atoms with Crippen LogP contribution < -0.4 is 10.1 Å². The highest BCUT2D eigenvalue weighted by atomic mass is 16.5. The Balaban J connectivity index is 2.35. The van der Waals surface area contributed by atoms with Crippen LogP contribution in [-0.4, -0.2) is 19.7 Å². The van der Waals surface area contributed by atoms with Gasteiger partial charge in [-0.1, -0.05) is 12.1 Å². The van der Waals surface area contributed by atoms with Gasteiger partial charge in [0.1, 0.15) is 5.75 Å². The van der Waals surface area contributed by atoms with Crippen LogP contribution in [0.3, 0.4) is 0 Å². The van der Waals surface area contributed by atoms with Crippen molar-refractivity contribution in [2.45, 2.75) is 39.7 Å². The number of aryl methyl sites for hydroxylation is 1. The summed E-state index contributed by atoms with van der Waals surface area (Å²) in [6, 6.07) is 6.78. The van der Waals surface area contributed by atoms with Crippen LogP contribution in [0.1, 0.15) is 30.9 Å². The lowest BCUT2D eigenvalue weighted by Gasteiger charge is -2.12. The number of nitrogens with one attached hydrogen (secondary N) is 1. The lowest BCUT2D eigenvalue weighted by Crippen LogP contribution is -2.21. The van der Waals surface area contributed by atoms with E-state index >= 15 is 0 Å². The van der Waals surface area contributed by atoms with Gasteiger partial charge in [-0.15, -0.1) is 0 Å². The van der Waals surface area contributed by atoms with E-state index in [-0.39, 0.29) is 0 Å². The molecule has 0 bridgehead atoms. The van der Waals surface area contributed by atoms with Crippen molar-refractivity contribution in [2.24, 2.45) is 0 Å². The van der Waals surface area contributed by atoms with E-state index in [1.807, 2.05) is 19.2 Å². The molecule has 90 valence electrons. The first-order chi connectivity index (χ1) is 7.65. The van der Waals surface area contributed by atoms with Crippen molar-refractivity contribution in [1.29, 1.82) is 0 Å². The van der Waals surface area contributed by atoms with Gasteiger partial charge in [-0.3, -0.25) is 0 Å². The first-order valence-electron chi connectivity index (χ1n) is 6.01. The van der Waals surface area contributed by atoms with E-state index in [2.05, 4.69) is 32.2 Å². The van der Waals surface area contributed by atoms with Gasteiger partial charge in [0.15, 0.2) is 0 Å². The third-order valence-corrected chi connectivity index (χ3v) is 3.09. The van der Waals surface area contributed by atoms with Gasteiger partial charge < -0.3 is 10.1 Å². The Morgan fingerprint density at radius 1 is 1.31 bits per heavy atom. The average molecular weight is 221 g/mol. The minimum Gasteiger partial charge on any atom is -0.493 e. The van der Waals surface area contributed by atoms with Gasteiger partial charge in [0.25, 0.3) is 0 Å². The number of ether oxygens (including phenoxy) is 1. The van der Waals surface area contributed by atoms with E-state index in [4.69, 9.17) is 4.74 Å². The molecule has 2 heteroatoms. The van der Waals surface area contributed by atoms with E-state index < -0.39 is 0 Å². The minimum atomic E-state index is 0.571. The molecule has 1 rings (SSSR count). The standard InChI is InChI=1S/C14H23NO/c1-11-7-5-9-14(13(11)3)16-10-6-8-12(2)15-4/h5,7,9,12,15H,6,8,10H2,1-4H3. The van der Waals surface area contributed by atoms with Crippen molar-refractivity contribution >= 4 is 0 Å². The molecule has 1 N–H and O–H groups in total.